The second-order valence-corrected chi connectivity index (χ2v) is 11.3. The normalized spacial score (nSPS) is 22.8. The second-order valence-electron chi connectivity index (χ2n) is 11.3. The van der Waals surface area contributed by atoms with E-state index in [-0.39, 0.29) is 35.7 Å². The van der Waals surface area contributed by atoms with Crippen LogP contribution in [0.2, 0.25) is 0 Å². The van der Waals surface area contributed by atoms with Gasteiger partial charge in [-0.05, 0) is 49.2 Å². The minimum Gasteiger partial charge on any atom is -0.483 e. The smallest absolute Gasteiger partial charge is 0.335 e. The molecule has 1 aliphatic carbocycles. The standard InChI is InChI=1S/C31H29FN6O5/c32-23-9-18(13-33)1-4-26(23)42-17-28-34-7-5-30(36-28)43-27-12-21-10-20(27)14-37(21)16-29-35-24-3-2-19(31(39)40)11-25(24)38(29)15-22-6-8-41-22/h1-5,7,9,11,20-22,27H,6,8,10,12,14-17H2,(H,39,40)/t20-,21-,22+,27+/m1/s1. The van der Waals surface area contributed by atoms with Crippen LogP contribution in [0.3, 0.4) is 0 Å². The number of piperidine rings is 1. The molecule has 2 aliphatic heterocycles. The molecule has 0 spiro atoms. The maximum atomic E-state index is 14.2. The predicted octanol–water partition coefficient (Wildman–Crippen LogP) is 3.94. The number of fused-ring (bicyclic) bond motifs is 3. The van der Waals surface area contributed by atoms with E-state index < -0.39 is 11.8 Å². The number of nitriles is 1. The van der Waals surface area contributed by atoms with Crippen LogP contribution in [0.15, 0.2) is 48.7 Å². The molecule has 4 heterocycles. The van der Waals surface area contributed by atoms with Crippen molar-refractivity contribution >= 4 is 17.0 Å². The average Bonchev–Trinajstić information content (AvgIpc) is 3.66. The van der Waals surface area contributed by atoms with Crippen LogP contribution >= 0.6 is 0 Å². The third kappa shape index (κ3) is 5.49. The van der Waals surface area contributed by atoms with Crippen molar-refractivity contribution in [3.8, 4) is 17.7 Å². The highest BCUT2D eigenvalue weighted by Gasteiger charge is 2.46. The number of carboxylic acid groups (broad SMARTS) is 1. The van der Waals surface area contributed by atoms with Crippen LogP contribution in [0.5, 0.6) is 11.6 Å². The molecule has 12 heteroatoms. The SMILES string of the molecule is N#Cc1ccc(OCc2nccc(O[C@H]3C[C@H]4C[C@@H]3CN4Cc3nc4ccc(C(=O)O)cc4n3C[C@@H]3CCO3)n2)c(F)c1. The van der Waals surface area contributed by atoms with E-state index >= 15 is 0 Å². The molecule has 1 N–H and O–H groups in total. The molecule has 0 radical (unpaired) electrons. The molecule has 2 saturated heterocycles. The molecule has 3 fully saturated rings. The van der Waals surface area contributed by atoms with Gasteiger partial charge in [-0.25, -0.2) is 19.2 Å². The van der Waals surface area contributed by atoms with Gasteiger partial charge < -0.3 is 23.9 Å². The van der Waals surface area contributed by atoms with Crippen LogP contribution in [-0.2, 0) is 24.4 Å². The van der Waals surface area contributed by atoms with Crippen LogP contribution in [0, 0.1) is 23.1 Å². The van der Waals surface area contributed by atoms with Crippen LogP contribution in [-0.4, -0.2) is 66.9 Å². The van der Waals surface area contributed by atoms with Crippen LogP contribution < -0.4 is 9.47 Å². The summed E-state index contributed by atoms with van der Waals surface area (Å²) in [4.78, 5) is 27.6. The molecule has 4 atom stereocenters. The summed E-state index contributed by atoms with van der Waals surface area (Å²) in [5.74, 6) is 0.521. The Labute approximate surface area is 246 Å². The fourth-order valence-electron chi connectivity index (χ4n) is 6.28. The lowest BCUT2D eigenvalue weighted by Gasteiger charge is -2.32. The number of rotatable bonds is 10. The number of halogens is 1. The van der Waals surface area contributed by atoms with Crippen molar-refractivity contribution in [3.63, 3.8) is 0 Å². The molecule has 1 saturated carbocycles. The first-order valence-electron chi connectivity index (χ1n) is 14.3. The van der Waals surface area contributed by atoms with Gasteiger partial charge in [0, 0.05) is 43.8 Å². The number of hydrogen-bond donors (Lipinski definition) is 1. The second kappa shape index (κ2) is 11.2. The van der Waals surface area contributed by atoms with Crippen LogP contribution in [0.4, 0.5) is 4.39 Å². The monoisotopic (exact) mass is 584 g/mol. The zero-order valence-corrected chi connectivity index (χ0v) is 23.2. The van der Waals surface area contributed by atoms with E-state index in [1.807, 2.05) is 6.07 Å². The van der Waals surface area contributed by atoms with Gasteiger partial charge in [0.2, 0.25) is 5.88 Å². The van der Waals surface area contributed by atoms with Gasteiger partial charge >= 0.3 is 5.97 Å². The lowest BCUT2D eigenvalue weighted by atomic mass is 10.1. The van der Waals surface area contributed by atoms with Crippen LogP contribution in [0.1, 0.15) is 46.8 Å². The molecule has 2 aromatic heterocycles. The highest BCUT2D eigenvalue weighted by atomic mass is 19.1. The lowest BCUT2D eigenvalue weighted by molar-refractivity contribution is -0.0592. The summed E-state index contributed by atoms with van der Waals surface area (Å²) in [7, 11) is 0. The third-order valence-electron chi connectivity index (χ3n) is 8.56. The zero-order valence-electron chi connectivity index (χ0n) is 23.2. The number of carbonyl (C=O) groups is 1. The van der Waals surface area contributed by atoms with Crippen LogP contribution in [0.25, 0.3) is 11.0 Å². The molecule has 7 rings (SSSR count). The number of nitrogens with zero attached hydrogens (tertiary/aromatic N) is 6. The van der Waals surface area contributed by atoms with Crippen molar-refractivity contribution in [2.75, 3.05) is 13.2 Å². The maximum Gasteiger partial charge on any atom is 0.335 e. The Hall–Kier alpha value is -4.60. The number of imidazole rings is 1. The summed E-state index contributed by atoms with van der Waals surface area (Å²) < 4.78 is 33.8. The summed E-state index contributed by atoms with van der Waals surface area (Å²) in [6.07, 6.45) is 4.58. The number of aromatic carboxylic acids is 1. The summed E-state index contributed by atoms with van der Waals surface area (Å²) in [6.45, 7) is 2.89. The van der Waals surface area contributed by atoms with E-state index in [9.17, 15) is 14.3 Å². The van der Waals surface area contributed by atoms with Gasteiger partial charge in [-0.3, -0.25) is 4.90 Å². The van der Waals surface area contributed by atoms with E-state index in [1.165, 1.54) is 12.1 Å². The van der Waals surface area contributed by atoms with Gasteiger partial charge in [0.15, 0.2) is 17.4 Å². The Bertz CT molecular complexity index is 1730. The van der Waals surface area contributed by atoms with Gasteiger partial charge in [0.1, 0.15) is 18.5 Å². The largest absolute Gasteiger partial charge is 0.483 e. The van der Waals surface area contributed by atoms with E-state index in [0.29, 0.717) is 36.8 Å². The average molecular weight is 585 g/mol. The number of carboxylic acids is 1. The molecule has 0 unspecified atom stereocenters. The Morgan fingerprint density at radius 1 is 1.19 bits per heavy atom. The molecule has 43 heavy (non-hydrogen) atoms. The minimum atomic E-state index is -0.956. The topological polar surface area (TPSA) is 136 Å². The number of aromatic nitrogens is 4. The quantitative estimate of drug-likeness (QED) is 0.292. The molecular formula is C31H29FN6O5. The summed E-state index contributed by atoms with van der Waals surface area (Å²) in [6, 6.07) is 13.1. The Kier molecular flexibility index (Phi) is 7.12. The number of likely N-dealkylation sites (tertiary alicyclic amines) is 1. The summed E-state index contributed by atoms with van der Waals surface area (Å²) in [5.41, 5.74) is 2.07. The number of benzene rings is 2. The molecule has 2 bridgehead atoms. The van der Waals surface area contributed by atoms with Gasteiger partial charge in [-0.2, -0.15) is 10.2 Å². The third-order valence-corrected chi connectivity index (χ3v) is 8.56. The molecule has 4 aromatic rings. The molecule has 220 valence electrons. The highest BCUT2D eigenvalue weighted by Crippen LogP contribution is 2.40. The first kappa shape index (κ1) is 27.2. The molecule has 11 nitrogen and oxygen atoms in total. The van der Waals surface area contributed by atoms with E-state index in [0.717, 1.165) is 55.3 Å². The Morgan fingerprint density at radius 2 is 2.07 bits per heavy atom. The van der Waals surface area contributed by atoms with Crippen molar-refractivity contribution in [1.29, 1.82) is 5.26 Å². The van der Waals surface area contributed by atoms with Crippen molar-refractivity contribution < 1.29 is 28.5 Å². The minimum absolute atomic E-state index is 0.0150. The first-order valence-corrected chi connectivity index (χ1v) is 14.3. The van der Waals surface area contributed by atoms with E-state index in [4.69, 9.17) is 24.5 Å². The Morgan fingerprint density at radius 3 is 2.79 bits per heavy atom. The van der Waals surface area contributed by atoms with Crippen molar-refractivity contribution in [2.24, 2.45) is 5.92 Å². The van der Waals surface area contributed by atoms with Gasteiger partial charge in [0.05, 0.1) is 47.4 Å². The summed E-state index contributed by atoms with van der Waals surface area (Å²) in [5, 5.41) is 18.4. The predicted molar refractivity (Wildman–Crippen MR) is 150 cm³/mol. The highest BCUT2D eigenvalue weighted by molar-refractivity contribution is 5.92. The molecule has 0 amide bonds. The van der Waals surface area contributed by atoms with Gasteiger partial charge in [0.25, 0.3) is 0 Å². The summed E-state index contributed by atoms with van der Waals surface area (Å²) >= 11 is 0. The van der Waals surface area contributed by atoms with Crippen molar-refractivity contribution in [1.82, 2.24) is 24.4 Å². The first-order chi connectivity index (χ1) is 20.9. The molecular weight excluding hydrogens is 555 g/mol. The molecule has 3 aliphatic rings. The van der Waals surface area contributed by atoms with Crippen molar-refractivity contribution in [3.05, 3.63) is 77.3 Å². The van der Waals surface area contributed by atoms with Gasteiger partial charge in [-0.15, -0.1) is 0 Å². The van der Waals surface area contributed by atoms with E-state index in [1.54, 1.807) is 30.5 Å². The fourth-order valence-corrected chi connectivity index (χ4v) is 6.28. The number of hydrogen-bond acceptors (Lipinski definition) is 9. The zero-order chi connectivity index (χ0) is 29.5. The molecule has 2 aromatic carbocycles. The number of ether oxygens (including phenoxy) is 3. The fraction of sp³-hybridized carbons (Fsp3) is 0.387. The van der Waals surface area contributed by atoms with E-state index in [2.05, 4.69) is 19.4 Å². The van der Waals surface area contributed by atoms with Gasteiger partial charge in [-0.1, -0.05) is 0 Å². The lowest BCUT2D eigenvalue weighted by Crippen LogP contribution is -2.40. The Balaban J connectivity index is 0.997. The van der Waals surface area contributed by atoms with Crippen molar-refractivity contribution in [2.45, 2.75) is 57.2 Å². The maximum absolute atomic E-state index is 14.2.